The van der Waals surface area contributed by atoms with Gasteiger partial charge in [-0.25, -0.2) is 4.79 Å². The zero-order valence-corrected chi connectivity index (χ0v) is 11.9. The van der Waals surface area contributed by atoms with E-state index in [1.54, 1.807) is 35.6 Å². The summed E-state index contributed by atoms with van der Waals surface area (Å²) in [6.07, 6.45) is 3.18. The number of methoxy groups -OCH3 is 1. The molecule has 8 heteroatoms. The second-order valence-electron chi connectivity index (χ2n) is 4.51. The van der Waals surface area contributed by atoms with Crippen LogP contribution in [0.25, 0.3) is 0 Å². The smallest absolute Gasteiger partial charge is 0.354 e. The molecule has 2 rings (SSSR count). The zero-order chi connectivity index (χ0) is 15.6. The first kappa shape index (κ1) is 14.7. The normalized spacial score (nSPS) is 10.3. The number of nitrogens with one attached hydrogen (secondary N) is 2. The lowest BCUT2D eigenvalue weighted by atomic mass is 10.3. The van der Waals surface area contributed by atoms with Crippen molar-refractivity contribution in [3.05, 3.63) is 35.9 Å². The maximum absolute atomic E-state index is 12.2. The first-order valence-corrected chi connectivity index (χ1v) is 6.08. The summed E-state index contributed by atoms with van der Waals surface area (Å²) in [5.41, 5.74) is 3.55. The predicted octanol–water partition coefficient (Wildman–Crippen LogP) is 1.20. The molecule has 0 aliphatic rings. The molecule has 0 unspecified atom stereocenters. The molecule has 1 amide bonds. The van der Waals surface area contributed by atoms with Gasteiger partial charge in [-0.3, -0.25) is 15.5 Å². The molecule has 2 aromatic heterocycles. The molecular weight excluding hydrogens is 276 g/mol. The van der Waals surface area contributed by atoms with Gasteiger partial charge in [0.15, 0.2) is 0 Å². The van der Waals surface area contributed by atoms with E-state index < -0.39 is 5.97 Å². The Morgan fingerprint density at radius 3 is 2.24 bits per heavy atom. The highest BCUT2D eigenvalue weighted by atomic mass is 16.5. The number of aryl methyl sites for hydroxylation is 2. The van der Waals surface area contributed by atoms with Gasteiger partial charge >= 0.3 is 5.97 Å². The molecular formula is C13H16N4O4. The largest absolute Gasteiger partial charge is 0.464 e. The second kappa shape index (κ2) is 5.71. The van der Waals surface area contributed by atoms with Crippen molar-refractivity contribution in [3.8, 4) is 0 Å². The van der Waals surface area contributed by atoms with Crippen molar-refractivity contribution in [2.24, 2.45) is 14.1 Å². The van der Waals surface area contributed by atoms with Crippen molar-refractivity contribution in [2.45, 2.75) is 0 Å². The molecule has 0 aliphatic heterocycles. The van der Waals surface area contributed by atoms with Crippen LogP contribution in [-0.2, 0) is 18.8 Å². The van der Waals surface area contributed by atoms with Crippen LogP contribution in [0.4, 0.5) is 11.4 Å². The Bertz CT molecular complexity index is 686. The third-order valence-electron chi connectivity index (χ3n) is 3.02. The summed E-state index contributed by atoms with van der Waals surface area (Å²) < 4.78 is 7.77. The van der Waals surface area contributed by atoms with Crippen molar-refractivity contribution in [1.29, 1.82) is 0 Å². The lowest BCUT2D eigenvalue weighted by Crippen LogP contribution is -2.14. The van der Waals surface area contributed by atoms with Crippen LogP contribution in [0.3, 0.4) is 0 Å². The average molecular weight is 292 g/mol. The molecule has 0 radical (unpaired) electrons. The van der Waals surface area contributed by atoms with Gasteiger partial charge in [0.2, 0.25) is 0 Å². The number of amides is 1. The van der Waals surface area contributed by atoms with Gasteiger partial charge in [-0.15, -0.1) is 0 Å². The second-order valence-corrected chi connectivity index (χ2v) is 4.51. The van der Waals surface area contributed by atoms with Gasteiger partial charge < -0.3 is 19.2 Å². The summed E-state index contributed by atoms with van der Waals surface area (Å²) in [6.45, 7) is 0. The first-order valence-electron chi connectivity index (χ1n) is 6.08. The van der Waals surface area contributed by atoms with E-state index >= 15 is 0 Å². The van der Waals surface area contributed by atoms with E-state index in [1.165, 1.54) is 19.2 Å². The fraction of sp³-hybridized carbons (Fsp3) is 0.231. The van der Waals surface area contributed by atoms with Gasteiger partial charge in [-0.05, 0) is 12.1 Å². The molecule has 0 bridgehead atoms. The molecule has 2 aromatic rings. The first-order chi connectivity index (χ1) is 9.96. The highest BCUT2D eigenvalue weighted by Gasteiger charge is 2.16. The summed E-state index contributed by atoms with van der Waals surface area (Å²) in [6, 6.07) is 3.03. The van der Waals surface area contributed by atoms with Gasteiger partial charge in [0.1, 0.15) is 11.4 Å². The van der Waals surface area contributed by atoms with Crippen LogP contribution in [0, 0.1) is 0 Å². The van der Waals surface area contributed by atoms with Gasteiger partial charge in [0, 0.05) is 26.5 Å². The molecule has 0 aliphatic carbocycles. The van der Waals surface area contributed by atoms with Crippen LogP contribution >= 0.6 is 0 Å². The molecule has 8 nitrogen and oxygen atoms in total. The number of aromatic nitrogens is 2. The third-order valence-corrected chi connectivity index (χ3v) is 3.02. The van der Waals surface area contributed by atoms with Crippen molar-refractivity contribution >= 4 is 23.3 Å². The van der Waals surface area contributed by atoms with Crippen molar-refractivity contribution in [2.75, 3.05) is 17.9 Å². The van der Waals surface area contributed by atoms with Gasteiger partial charge in [-0.1, -0.05) is 0 Å². The topological polar surface area (TPSA) is 97.5 Å². The highest BCUT2D eigenvalue weighted by molar-refractivity contribution is 6.04. The van der Waals surface area contributed by atoms with Gasteiger partial charge in [0.05, 0.1) is 18.5 Å². The molecule has 0 atom stereocenters. The Kier molecular flexibility index (Phi) is 3.99. The third kappa shape index (κ3) is 2.90. The Labute approximate surface area is 120 Å². The summed E-state index contributed by atoms with van der Waals surface area (Å²) in [7, 11) is 4.65. The number of rotatable bonds is 4. The fourth-order valence-corrected chi connectivity index (χ4v) is 1.99. The lowest BCUT2D eigenvalue weighted by Gasteiger charge is -2.03. The number of carbonyl (C=O) groups excluding carboxylic acids is 2. The lowest BCUT2D eigenvalue weighted by molar-refractivity contribution is 0.0589. The quantitative estimate of drug-likeness (QED) is 0.581. The van der Waals surface area contributed by atoms with E-state index in [-0.39, 0.29) is 5.91 Å². The molecule has 0 spiro atoms. The molecule has 112 valence electrons. The zero-order valence-electron chi connectivity index (χ0n) is 11.9. The number of nitrogens with zero attached hydrogens (tertiary/aromatic N) is 2. The van der Waals surface area contributed by atoms with E-state index in [2.05, 4.69) is 10.1 Å². The summed E-state index contributed by atoms with van der Waals surface area (Å²) in [5.74, 6) is -0.843. The van der Waals surface area contributed by atoms with Crippen molar-refractivity contribution < 1.29 is 19.5 Å². The molecule has 3 N–H and O–H groups in total. The summed E-state index contributed by atoms with van der Waals surface area (Å²) in [4.78, 5) is 23.7. The minimum Gasteiger partial charge on any atom is -0.464 e. The van der Waals surface area contributed by atoms with Crippen LogP contribution in [0.15, 0.2) is 24.5 Å². The summed E-state index contributed by atoms with van der Waals surface area (Å²) in [5, 5.41) is 11.5. The molecule has 0 saturated heterocycles. The van der Waals surface area contributed by atoms with E-state index in [4.69, 9.17) is 5.21 Å². The Morgan fingerprint density at radius 2 is 1.67 bits per heavy atom. The molecule has 0 aromatic carbocycles. The average Bonchev–Trinajstić information content (AvgIpc) is 3.00. The standard InChI is InChI=1S/C13H16N4O4/c1-16-7-9(15-20)5-10(16)12(18)14-8-4-11(13(19)21-3)17(2)6-8/h4-7,15,20H,1-3H3,(H,14,18). The molecule has 0 fully saturated rings. The minimum atomic E-state index is -0.483. The summed E-state index contributed by atoms with van der Waals surface area (Å²) >= 11 is 0. The van der Waals surface area contributed by atoms with Gasteiger partial charge in [0.25, 0.3) is 5.91 Å². The van der Waals surface area contributed by atoms with Crippen LogP contribution < -0.4 is 10.8 Å². The number of anilines is 2. The van der Waals surface area contributed by atoms with Crippen LogP contribution in [0.5, 0.6) is 0 Å². The number of ether oxygens (including phenoxy) is 1. The van der Waals surface area contributed by atoms with Crippen LogP contribution in [0.1, 0.15) is 21.0 Å². The SMILES string of the molecule is COC(=O)c1cc(NC(=O)c2cc(NO)cn2C)cn1C. The van der Waals surface area contributed by atoms with E-state index in [9.17, 15) is 9.59 Å². The van der Waals surface area contributed by atoms with Crippen molar-refractivity contribution in [3.63, 3.8) is 0 Å². The maximum Gasteiger partial charge on any atom is 0.354 e. The van der Waals surface area contributed by atoms with Crippen LogP contribution in [-0.4, -0.2) is 33.3 Å². The Hall–Kier alpha value is -2.74. The monoisotopic (exact) mass is 292 g/mol. The number of carbonyl (C=O) groups is 2. The minimum absolute atomic E-state index is 0.331. The predicted molar refractivity (Wildman–Crippen MR) is 75.5 cm³/mol. The van der Waals surface area contributed by atoms with E-state index in [0.29, 0.717) is 22.8 Å². The Morgan fingerprint density at radius 1 is 1.10 bits per heavy atom. The molecule has 21 heavy (non-hydrogen) atoms. The number of hydrogen-bond donors (Lipinski definition) is 3. The van der Waals surface area contributed by atoms with E-state index in [0.717, 1.165) is 0 Å². The number of esters is 1. The fourth-order valence-electron chi connectivity index (χ4n) is 1.99. The molecule has 0 saturated carbocycles. The van der Waals surface area contributed by atoms with E-state index in [1.807, 2.05) is 5.48 Å². The Balaban J connectivity index is 2.19. The van der Waals surface area contributed by atoms with Crippen LogP contribution in [0.2, 0.25) is 0 Å². The molecule has 2 heterocycles. The highest BCUT2D eigenvalue weighted by Crippen LogP contribution is 2.17. The van der Waals surface area contributed by atoms with Gasteiger partial charge in [-0.2, -0.15) is 0 Å². The van der Waals surface area contributed by atoms with Crippen molar-refractivity contribution in [1.82, 2.24) is 9.13 Å². The maximum atomic E-state index is 12.2. The number of hydrogen-bond acceptors (Lipinski definition) is 5.